The molecule has 2 N–H and O–H groups in total. The van der Waals surface area contributed by atoms with Gasteiger partial charge in [0.15, 0.2) is 0 Å². The van der Waals surface area contributed by atoms with Crippen molar-refractivity contribution in [3.63, 3.8) is 0 Å². The maximum atomic E-state index is 12.9. The van der Waals surface area contributed by atoms with Crippen molar-refractivity contribution < 1.29 is 22.3 Å². The van der Waals surface area contributed by atoms with E-state index in [0.29, 0.717) is 36.8 Å². The zero-order valence-corrected chi connectivity index (χ0v) is 17.1. The van der Waals surface area contributed by atoms with Crippen molar-refractivity contribution in [1.29, 1.82) is 0 Å². The third kappa shape index (κ3) is 7.12. The predicted molar refractivity (Wildman–Crippen MR) is 108 cm³/mol. The van der Waals surface area contributed by atoms with E-state index in [0.717, 1.165) is 24.8 Å². The Morgan fingerprint density at radius 3 is 2.17 bits per heavy atom. The lowest BCUT2D eigenvalue weighted by molar-refractivity contribution is -0.110. The number of piperidine rings is 1. The Labute approximate surface area is 170 Å². The monoisotopic (exact) mass is 423 g/mol. The van der Waals surface area contributed by atoms with Crippen LogP contribution in [0.1, 0.15) is 24.8 Å². The van der Waals surface area contributed by atoms with E-state index in [1.54, 1.807) is 47.8 Å². The van der Waals surface area contributed by atoms with Gasteiger partial charge in [0.25, 0.3) is 0 Å². The van der Waals surface area contributed by atoms with E-state index < -0.39 is 10.0 Å². The van der Waals surface area contributed by atoms with Crippen LogP contribution in [-0.4, -0.2) is 39.3 Å². The van der Waals surface area contributed by atoms with Gasteiger partial charge in [-0.15, -0.1) is 0 Å². The van der Waals surface area contributed by atoms with Crippen molar-refractivity contribution in [2.24, 2.45) is 0 Å². The number of ether oxygens (including phenoxy) is 1. The van der Waals surface area contributed by atoms with E-state index in [-0.39, 0.29) is 5.82 Å². The van der Waals surface area contributed by atoms with E-state index in [1.165, 1.54) is 12.1 Å². The maximum Gasteiger partial charge on any atom is 0.243 e. The van der Waals surface area contributed by atoms with Gasteiger partial charge in [0.2, 0.25) is 16.4 Å². The average Bonchev–Trinajstić information content (AvgIpc) is 2.75. The van der Waals surface area contributed by atoms with E-state index in [9.17, 15) is 17.6 Å². The first kappa shape index (κ1) is 22.8. The maximum absolute atomic E-state index is 12.9. The van der Waals surface area contributed by atoms with Crippen LogP contribution in [0.4, 0.5) is 4.39 Å². The summed E-state index contributed by atoms with van der Waals surface area (Å²) >= 11 is 0. The number of carbonyl (C=O) groups excluding carboxylic acids is 1. The fourth-order valence-corrected chi connectivity index (χ4v) is 4.29. The molecular formula is C20H26FN3O4S. The number of benzene rings is 2. The van der Waals surface area contributed by atoms with Gasteiger partial charge in [-0.1, -0.05) is 18.6 Å². The first-order chi connectivity index (χ1) is 14.0. The van der Waals surface area contributed by atoms with Crippen molar-refractivity contribution >= 4 is 16.4 Å². The summed E-state index contributed by atoms with van der Waals surface area (Å²) in [6.45, 7) is 1.48. The summed E-state index contributed by atoms with van der Waals surface area (Å²) in [5.41, 5.74) is 5.43. The first-order valence-electron chi connectivity index (χ1n) is 9.30. The minimum absolute atomic E-state index is 0.286. The molecule has 158 valence electrons. The molecule has 7 nitrogen and oxygen atoms in total. The van der Waals surface area contributed by atoms with Crippen molar-refractivity contribution in [3.05, 3.63) is 59.9 Å². The lowest BCUT2D eigenvalue weighted by Gasteiger charge is -2.25. The highest BCUT2D eigenvalue weighted by Gasteiger charge is 2.25. The molecule has 1 fully saturated rings. The van der Waals surface area contributed by atoms with Crippen molar-refractivity contribution in [2.75, 3.05) is 20.1 Å². The molecule has 0 aliphatic carbocycles. The van der Waals surface area contributed by atoms with Crippen LogP contribution in [0.25, 0.3) is 0 Å². The number of nitrogens with one attached hydrogen (secondary N) is 2. The highest BCUT2D eigenvalue weighted by molar-refractivity contribution is 7.89. The topological polar surface area (TPSA) is 87.7 Å². The van der Waals surface area contributed by atoms with Crippen LogP contribution in [0.2, 0.25) is 0 Å². The highest BCUT2D eigenvalue weighted by Crippen LogP contribution is 2.23. The highest BCUT2D eigenvalue weighted by atomic mass is 32.2. The van der Waals surface area contributed by atoms with Gasteiger partial charge in [0.05, 0.1) is 4.90 Å². The van der Waals surface area contributed by atoms with E-state index >= 15 is 0 Å². The molecule has 2 aromatic rings. The summed E-state index contributed by atoms with van der Waals surface area (Å²) in [6.07, 6.45) is 3.48. The summed E-state index contributed by atoms with van der Waals surface area (Å²) in [7, 11) is -1.80. The third-order valence-corrected chi connectivity index (χ3v) is 6.21. The Morgan fingerprint density at radius 2 is 1.66 bits per heavy atom. The summed E-state index contributed by atoms with van der Waals surface area (Å²) in [5.74, 6) is 0.294. The second kappa shape index (κ2) is 11.5. The quantitative estimate of drug-likeness (QED) is 0.528. The van der Waals surface area contributed by atoms with Gasteiger partial charge < -0.3 is 4.74 Å². The van der Waals surface area contributed by atoms with E-state index in [2.05, 4.69) is 10.9 Å². The number of halogens is 1. The summed E-state index contributed by atoms with van der Waals surface area (Å²) in [5, 5.41) is 0. The molecule has 0 saturated carbocycles. The molecule has 1 heterocycles. The fraction of sp³-hybridized carbons (Fsp3) is 0.350. The van der Waals surface area contributed by atoms with Crippen LogP contribution in [-0.2, 0) is 21.4 Å². The molecular weight excluding hydrogens is 397 g/mol. The Balaban J connectivity index is 0.000000537. The molecule has 9 heteroatoms. The molecule has 3 rings (SSSR count). The molecule has 1 saturated heterocycles. The molecule has 1 aliphatic heterocycles. The summed E-state index contributed by atoms with van der Waals surface area (Å²) in [4.78, 5) is 9.52. The molecule has 0 spiro atoms. The van der Waals surface area contributed by atoms with Crippen molar-refractivity contribution in [2.45, 2.75) is 30.8 Å². The average molecular weight is 424 g/mol. The van der Waals surface area contributed by atoms with Crippen LogP contribution in [0.5, 0.6) is 5.75 Å². The Hall–Kier alpha value is -2.49. The first-order valence-corrected chi connectivity index (χ1v) is 10.7. The Morgan fingerprint density at radius 1 is 1.03 bits per heavy atom. The second-order valence-corrected chi connectivity index (χ2v) is 8.30. The van der Waals surface area contributed by atoms with Gasteiger partial charge in [0, 0.05) is 20.1 Å². The van der Waals surface area contributed by atoms with Gasteiger partial charge in [0.1, 0.15) is 18.2 Å². The summed E-state index contributed by atoms with van der Waals surface area (Å²) in [6, 6.07) is 12.5. The molecule has 0 atom stereocenters. The molecule has 0 unspecified atom stereocenters. The Bertz CT molecular complexity index is 852. The minimum Gasteiger partial charge on any atom is -0.489 e. The van der Waals surface area contributed by atoms with Gasteiger partial charge in [-0.3, -0.25) is 10.2 Å². The number of sulfonamides is 1. The molecule has 0 aromatic heterocycles. The molecule has 2 aromatic carbocycles. The smallest absolute Gasteiger partial charge is 0.243 e. The standard InChI is InChI=1S/C18H20FNO3S.C2H6N2O/c19-16-6-4-15(5-7-16)14-23-17-8-10-18(11-9-17)24(21,22)20-12-2-1-3-13-20;1-3-4-2-5/h4-11H,1-3,12-14H2;2-3H,1H3,(H,4,5). The van der Waals surface area contributed by atoms with Crippen LogP contribution in [0.15, 0.2) is 53.4 Å². The van der Waals surface area contributed by atoms with Gasteiger partial charge in [-0.05, 0) is 54.8 Å². The Kier molecular flexibility index (Phi) is 9.04. The zero-order chi connectivity index (χ0) is 21.1. The van der Waals surface area contributed by atoms with Crippen LogP contribution < -0.4 is 15.6 Å². The molecule has 29 heavy (non-hydrogen) atoms. The fourth-order valence-electron chi connectivity index (χ4n) is 2.77. The molecule has 1 amide bonds. The number of rotatable bonds is 7. The number of hydrogen-bond acceptors (Lipinski definition) is 5. The van der Waals surface area contributed by atoms with Crippen molar-refractivity contribution in [1.82, 2.24) is 15.2 Å². The lowest BCUT2D eigenvalue weighted by atomic mass is 10.2. The number of nitrogens with zero attached hydrogens (tertiary/aromatic N) is 1. The van der Waals surface area contributed by atoms with E-state index in [1.807, 2.05) is 0 Å². The zero-order valence-electron chi connectivity index (χ0n) is 16.3. The van der Waals surface area contributed by atoms with Crippen molar-refractivity contribution in [3.8, 4) is 5.75 Å². The number of hydrogen-bond donors (Lipinski definition) is 2. The molecule has 1 aliphatic rings. The van der Waals surface area contributed by atoms with Crippen LogP contribution in [0, 0.1) is 5.82 Å². The van der Waals surface area contributed by atoms with Gasteiger partial charge >= 0.3 is 0 Å². The van der Waals surface area contributed by atoms with Crippen LogP contribution in [0.3, 0.4) is 0 Å². The predicted octanol–water partition coefficient (Wildman–Crippen LogP) is 2.45. The van der Waals surface area contributed by atoms with E-state index in [4.69, 9.17) is 4.74 Å². The second-order valence-electron chi connectivity index (χ2n) is 6.36. The number of carbonyl (C=O) groups is 1. The number of amides is 1. The number of hydrazine groups is 1. The molecule has 0 bridgehead atoms. The largest absolute Gasteiger partial charge is 0.489 e. The third-order valence-electron chi connectivity index (χ3n) is 4.30. The van der Waals surface area contributed by atoms with Crippen LogP contribution >= 0.6 is 0 Å². The summed E-state index contributed by atoms with van der Waals surface area (Å²) < 4.78 is 45.1. The normalized spacial score (nSPS) is 14.4. The van der Waals surface area contributed by atoms with Gasteiger partial charge in [-0.2, -0.15) is 4.31 Å². The minimum atomic E-state index is -3.41. The lowest BCUT2D eigenvalue weighted by Crippen LogP contribution is -2.35. The van der Waals surface area contributed by atoms with Gasteiger partial charge in [-0.25, -0.2) is 18.2 Å². The SMILES string of the molecule is CNNC=O.O=S(=O)(c1ccc(OCc2ccc(F)cc2)cc1)N1CCCCC1. The molecule has 0 radical (unpaired) electrons.